The molecule has 0 atom stereocenters. The molecule has 0 aliphatic carbocycles. The van der Waals surface area contributed by atoms with Gasteiger partial charge in [0.15, 0.2) is 0 Å². The van der Waals surface area contributed by atoms with Crippen LogP contribution in [0.25, 0.3) is 17.0 Å². The van der Waals surface area contributed by atoms with Gasteiger partial charge in [0.2, 0.25) is 5.91 Å². The Balaban J connectivity index is 1.88. The molecule has 2 heterocycles. The van der Waals surface area contributed by atoms with Crippen LogP contribution in [0.3, 0.4) is 0 Å². The highest BCUT2D eigenvalue weighted by Crippen LogP contribution is 2.34. The van der Waals surface area contributed by atoms with Gasteiger partial charge >= 0.3 is 0 Å². The van der Waals surface area contributed by atoms with E-state index in [1.54, 1.807) is 12.0 Å². The largest absolute Gasteiger partial charge is 0.385 e. The topological polar surface area (TPSA) is 63.6 Å². The first-order valence-corrected chi connectivity index (χ1v) is 11.3. The van der Waals surface area contributed by atoms with Gasteiger partial charge < -0.3 is 14.6 Å². The molecule has 0 spiro atoms. The molecule has 0 radical (unpaired) electrons. The number of carbonyl (C=O) groups is 2. The molecule has 2 aromatic rings. The van der Waals surface area contributed by atoms with E-state index in [9.17, 15) is 9.59 Å². The number of aromatic nitrogens is 1. The van der Waals surface area contributed by atoms with Crippen molar-refractivity contribution in [2.45, 2.75) is 19.9 Å². The maximum Gasteiger partial charge on any atom is 0.266 e. The van der Waals surface area contributed by atoms with Crippen molar-refractivity contribution in [3.63, 3.8) is 0 Å². The maximum absolute atomic E-state index is 12.6. The van der Waals surface area contributed by atoms with E-state index in [0.717, 1.165) is 27.4 Å². The average molecular weight is 496 g/mol. The second-order valence-corrected chi connectivity index (χ2v) is 9.09. The number of rotatable bonds is 8. The molecule has 9 heteroatoms. The van der Waals surface area contributed by atoms with Crippen LogP contribution in [0.4, 0.5) is 0 Å². The second-order valence-electron chi connectivity index (χ2n) is 6.50. The molecule has 1 aromatic heterocycles. The molecule has 1 aliphatic heterocycles. The molecule has 154 valence electrons. The third-order valence-corrected chi connectivity index (χ3v) is 6.38. The molecule has 0 unspecified atom stereocenters. The Morgan fingerprint density at radius 2 is 2.21 bits per heavy atom. The lowest BCUT2D eigenvalue weighted by Gasteiger charge is -2.09. The zero-order valence-corrected chi connectivity index (χ0v) is 19.5. The fourth-order valence-electron chi connectivity index (χ4n) is 3.11. The van der Waals surface area contributed by atoms with Crippen LogP contribution in [0, 0.1) is 0 Å². The summed E-state index contributed by atoms with van der Waals surface area (Å²) in [5.41, 5.74) is 1.81. The summed E-state index contributed by atoms with van der Waals surface area (Å²) in [7, 11) is 1.64. The number of benzene rings is 1. The summed E-state index contributed by atoms with van der Waals surface area (Å²) in [5.74, 6) is -0.140. The second kappa shape index (κ2) is 9.88. The first-order chi connectivity index (χ1) is 13.9. The molecule has 1 aliphatic rings. The number of halogens is 1. The predicted octanol–water partition coefficient (Wildman–Crippen LogP) is 3.78. The average Bonchev–Trinajstić information content (AvgIpc) is 3.15. The van der Waals surface area contributed by atoms with Crippen molar-refractivity contribution in [3.8, 4) is 0 Å². The minimum atomic E-state index is -0.0747. The zero-order chi connectivity index (χ0) is 21.0. The van der Waals surface area contributed by atoms with Gasteiger partial charge in [-0.1, -0.05) is 39.9 Å². The molecular formula is C20H22BrN3O3S2. The van der Waals surface area contributed by atoms with E-state index in [0.29, 0.717) is 28.9 Å². The summed E-state index contributed by atoms with van der Waals surface area (Å²) in [6.45, 7) is 3.85. The Bertz CT molecular complexity index is 987. The van der Waals surface area contributed by atoms with Gasteiger partial charge in [-0.3, -0.25) is 14.5 Å². The van der Waals surface area contributed by atoms with Gasteiger partial charge in [0, 0.05) is 53.9 Å². The van der Waals surface area contributed by atoms with Gasteiger partial charge in [-0.05, 0) is 37.6 Å². The van der Waals surface area contributed by atoms with E-state index in [-0.39, 0.29) is 18.4 Å². The number of thiocarbonyl (C=S) groups is 1. The van der Waals surface area contributed by atoms with Crippen LogP contribution in [-0.2, 0) is 20.9 Å². The van der Waals surface area contributed by atoms with Crippen molar-refractivity contribution in [2.75, 3.05) is 26.8 Å². The lowest BCUT2D eigenvalue weighted by Crippen LogP contribution is -2.28. The van der Waals surface area contributed by atoms with Crippen LogP contribution in [0.2, 0.25) is 0 Å². The molecule has 2 amide bonds. The number of fused-ring (bicyclic) bond motifs is 1. The van der Waals surface area contributed by atoms with Gasteiger partial charge in [-0.15, -0.1) is 0 Å². The maximum atomic E-state index is 12.6. The number of likely N-dealkylation sites (N-methyl/N-ethyl adjacent to an activating group) is 1. The molecule has 29 heavy (non-hydrogen) atoms. The summed E-state index contributed by atoms with van der Waals surface area (Å²) in [6, 6.07) is 5.90. The fourth-order valence-corrected chi connectivity index (χ4v) is 4.85. The lowest BCUT2D eigenvalue weighted by molar-refractivity contribution is -0.122. The summed E-state index contributed by atoms with van der Waals surface area (Å²) in [5, 5.41) is 3.87. The number of hydrogen-bond acceptors (Lipinski definition) is 5. The Hall–Kier alpha value is -1.68. The van der Waals surface area contributed by atoms with E-state index in [4.69, 9.17) is 17.0 Å². The van der Waals surface area contributed by atoms with Crippen molar-refractivity contribution in [3.05, 3.63) is 39.3 Å². The van der Waals surface area contributed by atoms with Crippen LogP contribution >= 0.6 is 39.9 Å². The van der Waals surface area contributed by atoms with Crippen LogP contribution in [0.5, 0.6) is 0 Å². The SMILES string of the molecule is CCN1C(=O)/C(=C/c2cn(CC(=O)NCCCOC)c3ccc(Br)cc23)SC1=S. The van der Waals surface area contributed by atoms with Gasteiger partial charge in [-0.25, -0.2) is 0 Å². The predicted molar refractivity (Wildman–Crippen MR) is 125 cm³/mol. The van der Waals surface area contributed by atoms with Crippen molar-refractivity contribution in [1.29, 1.82) is 0 Å². The minimum Gasteiger partial charge on any atom is -0.385 e. The first kappa shape index (κ1) is 22.0. The Morgan fingerprint density at radius 3 is 2.90 bits per heavy atom. The number of methoxy groups -OCH3 is 1. The number of amides is 2. The van der Waals surface area contributed by atoms with Crippen LogP contribution < -0.4 is 5.32 Å². The molecular weight excluding hydrogens is 474 g/mol. The molecule has 6 nitrogen and oxygen atoms in total. The molecule has 0 bridgehead atoms. The molecule has 1 fully saturated rings. The Morgan fingerprint density at radius 1 is 1.41 bits per heavy atom. The highest BCUT2D eigenvalue weighted by Gasteiger charge is 2.30. The Labute approximate surface area is 187 Å². The van der Waals surface area contributed by atoms with E-state index in [1.165, 1.54) is 11.8 Å². The Kier molecular flexibility index (Phi) is 7.50. The zero-order valence-electron chi connectivity index (χ0n) is 16.2. The first-order valence-electron chi connectivity index (χ1n) is 9.24. The standard InChI is InChI=1S/C20H22BrN3O3S2/c1-3-24-19(26)17(29-20(24)28)9-13-11-23(12-18(25)22-7-4-8-27-2)16-6-5-14(21)10-15(13)16/h5-6,9-11H,3-4,7-8,12H2,1-2H3,(H,22,25)/b17-9-. The van der Waals surface area contributed by atoms with E-state index < -0.39 is 0 Å². The molecule has 1 aromatic carbocycles. The third-order valence-electron chi connectivity index (χ3n) is 4.51. The monoisotopic (exact) mass is 495 g/mol. The normalized spacial score (nSPS) is 15.7. The highest BCUT2D eigenvalue weighted by atomic mass is 79.9. The van der Waals surface area contributed by atoms with Crippen molar-refractivity contribution >= 4 is 73.0 Å². The highest BCUT2D eigenvalue weighted by molar-refractivity contribution is 9.10. The number of nitrogens with one attached hydrogen (secondary N) is 1. The summed E-state index contributed by atoms with van der Waals surface area (Å²) < 4.78 is 8.41. The number of nitrogens with zero attached hydrogens (tertiary/aromatic N) is 2. The minimum absolute atomic E-state index is 0.0650. The van der Waals surface area contributed by atoms with Crippen molar-refractivity contribution in [1.82, 2.24) is 14.8 Å². The van der Waals surface area contributed by atoms with E-state index in [2.05, 4.69) is 21.2 Å². The van der Waals surface area contributed by atoms with Crippen LogP contribution in [0.1, 0.15) is 18.9 Å². The van der Waals surface area contributed by atoms with Crippen molar-refractivity contribution < 1.29 is 14.3 Å². The molecule has 1 saturated heterocycles. The van der Waals surface area contributed by atoms with Gasteiger partial charge in [0.25, 0.3) is 5.91 Å². The van der Waals surface area contributed by atoms with Gasteiger partial charge in [0.05, 0.1) is 4.91 Å². The third kappa shape index (κ3) is 5.09. The van der Waals surface area contributed by atoms with Crippen molar-refractivity contribution in [2.24, 2.45) is 0 Å². The number of thioether (sulfide) groups is 1. The van der Waals surface area contributed by atoms with E-state index in [1.807, 2.05) is 42.0 Å². The van der Waals surface area contributed by atoms with Crippen LogP contribution in [0.15, 0.2) is 33.8 Å². The molecule has 0 saturated carbocycles. The summed E-state index contributed by atoms with van der Waals surface area (Å²) in [6.07, 6.45) is 4.53. The smallest absolute Gasteiger partial charge is 0.266 e. The number of carbonyl (C=O) groups excluding carboxylic acids is 2. The lowest BCUT2D eigenvalue weighted by atomic mass is 10.1. The van der Waals surface area contributed by atoms with E-state index >= 15 is 0 Å². The number of ether oxygens (including phenoxy) is 1. The summed E-state index contributed by atoms with van der Waals surface area (Å²) in [4.78, 5) is 27.1. The fraction of sp³-hybridized carbons (Fsp3) is 0.350. The van der Waals surface area contributed by atoms with Gasteiger partial charge in [0.1, 0.15) is 10.9 Å². The molecule has 1 N–H and O–H groups in total. The summed E-state index contributed by atoms with van der Waals surface area (Å²) >= 11 is 10.1. The van der Waals surface area contributed by atoms with Crippen LogP contribution in [-0.4, -0.2) is 52.4 Å². The number of hydrogen-bond donors (Lipinski definition) is 1. The quantitative estimate of drug-likeness (QED) is 0.343. The van der Waals surface area contributed by atoms with Gasteiger partial charge in [-0.2, -0.15) is 0 Å². The molecule has 3 rings (SSSR count).